The van der Waals surface area contributed by atoms with E-state index in [0.29, 0.717) is 17.1 Å². The number of alkyl halides is 3. The van der Waals surface area contributed by atoms with Gasteiger partial charge in [0.05, 0.1) is 11.4 Å². The fourth-order valence-corrected chi connectivity index (χ4v) is 2.98. The van der Waals surface area contributed by atoms with Crippen LogP contribution in [0.4, 0.5) is 19.0 Å². The average molecular weight is 431 g/mol. The molecule has 1 fully saturated rings. The summed E-state index contributed by atoms with van der Waals surface area (Å²) in [7, 11) is 0. The standard InChI is InChI=1S/C20H16F3N5O3/c21-20(22,23)31-13-3-1-2-11(8-13)15-16(28-18(27-15)17(24)29)12-6-7-25-14(9-12)26-19(30)10-4-5-10/h1-3,6-10H,4-5H2,(H2,24,29)(H,27,28)(H,25,26,30). The van der Waals surface area contributed by atoms with Crippen LogP contribution in [0.15, 0.2) is 42.6 Å². The predicted molar refractivity (Wildman–Crippen MR) is 104 cm³/mol. The van der Waals surface area contributed by atoms with E-state index in [1.165, 1.54) is 18.3 Å². The summed E-state index contributed by atoms with van der Waals surface area (Å²) in [6.07, 6.45) is -1.75. The Balaban J connectivity index is 1.73. The van der Waals surface area contributed by atoms with Gasteiger partial charge in [-0.3, -0.25) is 9.59 Å². The Hall–Kier alpha value is -3.89. The number of aromatic amines is 1. The molecule has 31 heavy (non-hydrogen) atoms. The van der Waals surface area contributed by atoms with Gasteiger partial charge in [0.2, 0.25) is 5.91 Å². The number of imidazole rings is 1. The minimum atomic E-state index is -4.86. The van der Waals surface area contributed by atoms with E-state index in [2.05, 4.69) is 25.0 Å². The highest BCUT2D eigenvalue weighted by molar-refractivity contribution is 5.95. The Morgan fingerprint density at radius 1 is 1.16 bits per heavy atom. The van der Waals surface area contributed by atoms with Crippen molar-refractivity contribution in [1.82, 2.24) is 15.0 Å². The number of hydrogen-bond donors (Lipinski definition) is 3. The van der Waals surface area contributed by atoms with Crippen molar-refractivity contribution in [2.45, 2.75) is 19.2 Å². The molecule has 4 rings (SSSR count). The highest BCUT2D eigenvalue weighted by atomic mass is 19.4. The second kappa shape index (κ2) is 7.74. The number of nitrogens with one attached hydrogen (secondary N) is 2. The first-order chi connectivity index (χ1) is 14.7. The molecule has 0 spiro atoms. The molecule has 1 saturated carbocycles. The van der Waals surface area contributed by atoms with Crippen molar-refractivity contribution in [3.8, 4) is 28.3 Å². The van der Waals surface area contributed by atoms with Crippen molar-refractivity contribution in [2.75, 3.05) is 5.32 Å². The molecule has 0 bridgehead atoms. The van der Waals surface area contributed by atoms with Gasteiger partial charge in [-0.1, -0.05) is 12.1 Å². The number of amides is 2. The molecule has 4 N–H and O–H groups in total. The van der Waals surface area contributed by atoms with Crippen LogP contribution in [-0.2, 0) is 4.79 Å². The van der Waals surface area contributed by atoms with Gasteiger partial charge in [-0.2, -0.15) is 0 Å². The summed E-state index contributed by atoms with van der Waals surface area (Å²) in [5, 5.41) is 2.72. The summed E-state index contributed by atoms with van der Waals surface area (Å²) in [4.78, 5) is 34.7. The van der Waals surface area contributed by atoms with Crippen LogP contribution < -0.4 is 15.8 Å². The summed E-state index contributed by atoms with van der Waals surface area (Å²) in [6.45, 7) is 0. The topological polar surface area (TPSA) is 123 Å². The molecule has 3 aromatic rings. The SMILES string of the molecule is NC(=O)c1nc(-c2cccc(OC(F)(F)F)c2)c(-c2ccnc(NC(=O)C3CC3)c2)[nH]1. The summed E-state index contributed by atoms with van der Waals surface area (Å²) in [6, 6.07) is 8.35. The van der Waals surface area contributed by atoms with Crippen molar-refractivity contribution < 1.29 is 27.5 Å². The molecule has 1 aliphatic carbocycles. The number of aromatic nitrogens is 3. The van der Waals surface area contributed by atoms with E-state index >= 15 is 0 Å². The number of anilines is 1. The lowest BCUT2D eigenvalue weighted by molar-refractivity contribution is -0.274. The third-order valence-electron chi connectivity index (χ3n) is 4.53. The van der Waals surface area contributed by atoms with E-state index in [1.807, 2.05) is 0 Å². The number of H-pyrrole nitrogens is 1. The zero-order valence-corrected chi connectivity index (χ0v) is 15.9. The highest BCUT2D eigenvalue weighted by Crippen LogP contribution is 2.34. The summed E-state index contributed by atoms with van der Waals surface area (Å²) >= 11 is 0. The van der Waals surface area contributed by atoms with Crippen LogP contribution in [-0.4, -0.2) is 33.1 Å². The number of ether oxygens (including phenoxy) is 1. The number of nitrogens with zero attached hydrogens (tertiary/aromatic N) is 2. The molecule has 1 aliphatic rings. The Morgan fingerprint density at radius 2 is 1.94 bits per heavy atom. The van der Waals surface area contributed by atoms with Crippen LogP contribution in [0.5, 0.6) is 5.75 Å². The molecular weight excluding hydrogens is 415 g/mol. The van der Waals surface area contributed by atoms with Gasteiger partial charge in [0.15, 0.2) is 5.82 Å². The van der Waals surface area contributed by atoms with Crippen molar-refractivity contribution in [3.63, 3.8) is 0 Å². The van der Waals surface area contributed by atoms with E-state index in [1.54, 1.807) is 12.1 Å². The van der Waals surface area contributed by atoms with Crippen LogP contribution in [0.3, 0.4) is 0 Å². The van der Waals surface area contributed by atoms with E-state index in [4.69, 9.17) is 5.73 Å². The summed E-state index contributed by atoms with van der Waals surface area (Å²) in [5.41, 5.74) is 6.60. The Morgan fingerprint density at radius 3 is 2.61 bits per heavy atom. The third kappa shape index (κ3) is 4.82. The van der Waals surface area contributed by atoms with Crippen molar-refractivity contribution in [3.05, 3.63) is 48.4 Å². The molecule has 160 valence electrons. The Bertz CT molecular complexity index is 1150. The number of carbonyl (C=O) groups excluding carboxylic acids is 2. The van der Waals surface area contributed by atoms with Gasteiger partial charge in [-0.15, -0.1) is 13.2 Å². The molecule has 2 amide bonds. The smallest absolute Gasteiger partial charge is 0.406 e. The zero-order chi connectivity index (χ0) is 22.2. The number of hydrogen-bond acceptors (Lipinski definition) is 5. The van der Waals surface area contributed by atoms with Gasteiger partial charge >= 0.3 is 6.36 Å². The molecule has 0 aliphatic heterocycles. The van der Waals surface area contributed by atoms with Crippen LogP contribution in [0.2, 0.25) is 0 Å². The maximum Gasteiger partial charge on any atom is 0.573 e. The minimum absolute atomic E-state index is 0.0222. The van der Waals surface area contributed by atoms with E-state index in [0.717, 1.165) is 25.0 Å². The van der Waals surface area contributed by atoms with Gasteiger partial charge in [0, 0.05) is 23.2 Å². The fourth-order valence-electron chi connectivity index (χ4n) is 2.98. The van der Waals surface area contributed by atoms with E-state index in [-0.39, 0.29) is 28.9 Å². The first-order valence-corrected chi connectivity index (χ1v) is 9.23. The predicted octanol–water partition coefficient (Wildman–Crippen LogP) is 3.48. The second-order valence-corrected chi connectivity index (χ2v) is 6.94. The highest BCUT2D eigenvalue weighted by Gasteiger charge is 2.31. The molecule has 2 heterocycles. The number of pyridine rings is 1. The molecule has 0 saturated heterocycles. The second-order valence-electron chi connectivity index (χ2n) is 6.94. The van der Waals surface area contributed by atoms with Gasteiger partial charge in [-0.05, 0) is 37.1 Å². The number of nitrogens with two attached hydrogens (primary N) is 1. The zero-order valence-electron chi connectivity index (χ0n) is 15.9. The molecule has 1 aromatic carbocycles. The van der Waals surface area contributed by atoms with E-state index < -0.39 is 18.0 Å². The maximum atomic E-state index is 12.6. The maximum absolute atomic E-state index is 12.6. The van der Waals surface area contributed by atoms with Gasteiger partial charge in [0.1, 0.15) is 11.6 Å². The van der Waals surface area contributed by atoms with E-state index in [9.17, 15) is 22.8 Å². The van der Waals surface area contributed by atoms with Crippen molar-refractivity contribution >= 4 is 17.6 Å². The lowest BCUT2D eigenvalue weighted by Gasteiger charge is -2.10. The van der Waals surface area contributed by atoms with Crippen LogP contribution in [0.1, 0.15) is 23.5 Å². The van der Waals surface area contributed by atoms with Gasteiger partial charge in [-0.25, -0.2) is 9.97 Å². The number of carbonyl (C=O) groups is 2. The van der Waals surface area contributed by atoms with Crippen LogP contribution in [0, 0.1) is 5.92 Å². The Kier molecular flexibility index (Phi) is 5.09. The Labute approximate surface area is 173 Å². The van der Waals surface area contributed by atoms with Crippen molar-refractivity contribution in [1.29, 1.82) is 0 Å². The van der Waals surface area contributed by atoms with Gasteiger partial charge in [0.25, 0.3) is 5.91 Å². The van der Waals surface area contributed by atoms with Crippen LogP contribution in [0.25, 0.3) is 22.5 Å². The number of halogens is 3. The summed E-state index contributed by atoms with van der Waals surface area (Å²) < 4.78 is 41.7. The molecule has 8 nitrogen and oxygen atoms in total. The normalized spacial score (nSPS) is 13.6. The molecule has 0 unspecified atom stereocenters. The lowest BCUT2D eigenvalue weighted by Crippen LogP contribution is -2.17. The minimum Gasteiger partial charge on any atom is -0.406 e. The number of rotatable bonds is 6. The summed E-state index contributed by atoms with van der Waals surface area (Å²) in [5.74, 6) is -1.31. The third-order valence-corrected chi connectivity index (χ3v) is 4.53. The molecule has 0 radical (unpaired) electrons. The first kappa shape index (κ1) is 20.4. The average Bonchev–Trinajstić information content (AvgIpc) is 3.45. The molecule has 11 heteroatoms. The quantitative estimate of drug-likeness (QED) is 0.551. The molecular formula is C20H16F3N5O3. The van der Waals surface area contributed by atoms with Crippen LogP contribution >= 0.6 is 0 Å². The van der Waals surface area contributed by atoms with Gasteiger partial charge < -0.3 is 20.8 Å². The monoisotopic (exact) mass is 431 g/mol. The number of benzene rings is 1. The lowest BCUT2D eigenvalue weighted by atomic mass is 10.1. The largest absolute Gasteiger partial charge is 0.573 e. The first-order valence-electron chi connectivity index (χ1n) is 9.23. The molecule has 0 atom stereocenters. The molecule has 2 aromatic heterocycles. The number of primary amides is 1. The fraction of sp³-hybridized carbons (Fsp3) is 0.200. The van der Waals surface area contributed by atoms with Crippen molar-refractivity contribution in [2.24, 2.45) is 11.7 Å².